The zero-order chi connectivity index (χ0) is 12.8. The summed E-state index contributed by atoms with van der Waals surface area (Å²) in [5, 5.41) is 0. The highest BCUT2D eigenvalue weighted by Crippen LogP contribution is 2.14. The molecule has 0 saturated heterocycles. The summed E-state index contributed by atoms with van der Waals surface area (Å²) in [4.78, 5) is 13.7. The highest BCUT2D eigenvalue weighted by atomic mass is 16.6. The van der Waals surface area contributed by atoms with Gasteiger partial charge in [0.25, 0.3) is 0 Å². The lowest BCUT2D eigenvalue weighted by molar-refractivity contribution is 0.0229. The first kappa shape index (κ1) is 15.3. The molecular weight excluding hydrogens is 202 g/mol. The lowest BCUT2D eigenvalue weighted by Gasteiger charge is -2.28. The molecule has 0 aromatic heterocycles. The molecule has 0 aliphatic rings. The quantitative estimate of drug-likeness (QED) is 0.719. The molecule has 0 aliphatic heterocycles. The number of ether oxygens (including phenoxy) is 1. The van der Waals surface area contributed by atoms with Crippen LogP contribution in [0.2, 0.25) is 0 Å². The second-order valence-corrected chi connectivity index (χ2v) is 5.20. The molecule has 0 N–H and O–H groups in total. The van der Waals surface area contributed by atoms with E-state index in [0.717, 1.165) is 19.4 Å². The van der Waals surface area contributed by atoms with Crippen LogP contribution in [0.5, 0.6) is 0 Å². The van der Waals surface area contributed by atoms with Crippen molar-refractivity contribution in [3.63, 3.8) is 0 Å². The molecule has 0 saturated carbocycles. The molecule has 0 radical (unpaired) electrons. The van der Waals surface area contributed by atoms with Crippen LogP contribution < -0.4 is 0 Å². The molecule has 0 rings (SSSR count). The molecular formula is C13H27NO2. The fourth-order valence-corrected chi connectivity index (χ4v) is 1.52. The number of carbonyl (C=O) groups is 1. The maximum absolute atomic E-state index is 11.9. The third-order valence-electron chi connectivity index (χ3n) is 2.67. The number of rotatable bonds is 5. The minimum atomic E-state index is -0.404. The zero-order valence-corrected chi connectivity index (χ0v) is 11.7. The average molecular weight is 229 g/mol. The van der Waals surface area contributed by atoms with Gasteiger partial charge in [0.15, 0.2) is 0 Å². The predicted molar refractivity (Wildman–Crippen MR) is 67.6 cm³/mol. The van der Waals surface area contributed by atoms with Crippen LogP contribution in [0.1, 0.15) is 54.4 Å². The minimum Gasteiger partial charge on any atom is -0.444 e. The van der Waals surface area contributed by atoms with Crippen molar-refractivity contribution in [1.29, 1.82) is 0 Å². The fraction of sp³-hybridized carbons (Fsp3) is 0.923. The third-order valence-corrected chi connectivity index (χ3v) is 2.67. The predicted octanol–water partition coefficient (Wildman–Crippen LogP) is 3.68. The maximum atomic E-state index is 11.9. The van der Waals surface area contributed by atoms with E-state index in [1.165, 1.54) is 0 Å². The molecule has 0 aromatic carbocycles. The molecule has 0 aliphatic carbocycles. The molecule has 3 nitrogen and oxygen atoms in total. The van der Waals surface area contributed by atoms with Crippen molar-refractivity contribution in [3.05, 3.63) is 0 Å². The van der Waals surface area contributed by atoms with Gasteiger partial charge < -0.3 is 9.64 Å². The summed E-state index contributed by atoms with van der Waals surface area (Å²) in [5.74, 6) is 0.576. The average Bonchev–Trinajstić information content (AvgIpc) is 2.17. The van der Waals surface area contributed by atoms with Crippen LogP contribution in [0, 0.1) is 5.92 Å². The molecule has 0 aromatic rings. The molecule has 0 spiro atoms. The molecule has 16 heavy (non-hydrogen) atoms. The van der Waals surface area contributed by atoms with Crippen molar-refractivity contribution in [2.75, 3.05) is 13.1 Å². The van der Waals surface area contributed by atoms with Gasteiger partial charge in [-0.25, -0.2) is 4.79 Å². The van der Waals surface area contributed by atoms with Crippen LogP contribution >= 0.6 is 0 Å². The van der Waals surface area contributed by atoms with E-state index in [9.17, 15) is 4.79 Å². The zero-order valence-electron chi connectivity index (χ0n) is 11.7. The first-order chi connectivity index (χ1) is 7.34. The first-order valence-electron chi connectivity index (χ1n) is 6.31. The standard InChI is InChI=1S/C13H27NO2/c1-7-11(8-2)10-14(9-3)12(15)16-13(4,5)6/h11H,7-10H2,1-6H3. The van der Waals surface area contributed by atoms with E-state index in [-0.39, 0.29) is 6.09 Å². The molecule has 0 heterocycles. The molecule has 3 heteroatoms. The van der Waals surface area contributed by atoms with Crippen LogP contribution in [0.25, 0.3) is 0 Å². The Kier molecular flexibility index (Phi) is 6.46. The summed E-state index contributed by atoms with van der Waals surface area (Å²) in [7, 11) is 0. The molecule has 0 unspecified atom stereocenters. The van der Waals surface area contributed by atoms with Gasteiger partial charge in [0.2, 0.25) is 0 Å². The molecule has 96 valence electrons. The van der Waals surface area contributed by atoms with E-state index in [0.29, 0.717) is 12.5 Å². The summed E-state index contributed by atoms with van der Waals surface area (Å²) >= 11 is 0. The number of hydrogen-bond acceptors (Lipinski definition) is 2. The van der Waals surface area contributed by atoms with Crippen molar-refractivity contribution in [2.45, 2.75) is 60.0 Å². The van der Waals surface area contributed by atoms with E-state index in [1.54, 1.807) is 4.90 Å². The van der Waals surface area contributed by atoms with E-state index < -0.39 is 5.60 Å². The molecule has 1 amide bonds. The lowest BCUT2D eigenvalue weighted by atomic mass is 10.0. The van der Waals surface area contributed by atoms with E-state index in [4.69, 9.17) is 4.74 Å². The van der Waals surface area contributed by atoms with E-state index in [1.807, 2.05) is 27.7 Å². The Labute approximate surface area is 100 Å². The number of hydrogen-bond donors (Lipinski definition) is 0. The van der Waals surface area contributed by atoms with Crippen LogP contribution in [0.3, 0.4) is 0 Å². The topological polar surface area (TPSA) is 29.5 Å². The molecule has 0 atom stereocenters. The summed E-state index contributed by atoms with van der Waals surface area (Å²) in [5.41, 5.74) is -0.404. The van der Waals surface area contributed by atoms with E-state index >= 15 is 0 Å². The first-order valence-corrected chi connectivity index (χ1v) is 6.31. The Hall–Kier alpha value is -0.730. The van der Waals surface area contributed by atoms with E-state index in [2.05, 4.69) is 13.8 Å². The Morgan fingerprint density at radius 3 is 2.00 bits per heavy atom. The second kappa shape index (κ2) is 6.77. The maximum Gasteiger partial charge on any atom is 0.410 e. The number of nitrogens with zero attached hydrogens (tertiary/aromatic N) is 1. The van der Waals surface area contributed by atoms with Crippen LogP contribution in [-0.2, 0) is 4.74 Å². The fourth-order valence-electron chi connectivity index (χ4n) is 1.52. The van der Waals surface area contributed by atoms with Crippen molar-refractivity contribution in [1.82, 2.24) is 4.90 Å². The minimum absolute atomic E-state index is 0.193. The third kappa shape index (κ3) is 5.99. The van der Waals surface area contributed by atoms with Gasteiger partial charge in [0.1, 0.15) is 5.60 Å². The van der Waals surface area contributed by atoms with Gasteiger partial charge in [-0.3, -0.25) is 0 Å². The molecule has 0 fully saturated rings. The lowest BCUT2D eigenvalue weighted by Crippen LogP contribution is -2.39. The highest BCUT2D eigenvalue weighted by Gasteiger charge is 2.22. The van der Waals surface area contributed by atoms with Crippen molar-refractivity contribution in [2.24, 2.45) is 5.92 Å². The van der Waals surface area contributed by atoms with Crippen molar-refractivity contribution in [3.8, 4) is 0 Å². The Morgan fingerprint density at radius 1 is 1.19 bits per heavy atom. The largest absolute Gasteiger partial charge is 0.444 e. The van der Waals surface area contributed by atoms with Gasteiger partial charge in [0, 0.05) is 13.1 Å². The summed E-state index contributed by atoms with van der Waals surface area (Å²) < 4.78 is 5.37. The van der Waals surface area contributed by atoms with Gasteiger partial charge >= 0.3 is 6.09 Å². The smallest absolute Gasteiger partial charge is 0.410 e. The van der Waals surface area contributed by atoms with Crippen molar-refractivity contribution >= 4 is 6.09 Å². The second-order valence-electron chi connectivity index (χ2n) is 5.20. The van der Waals surface area contributed by atoms with Gasteiger partial charge in [0.05, 0.1) is 0 Å². The Bertz CT molecular complexity index is 204. The summed E-state index contributed by atoms with van der Waals surface area (Å²) in [6.45, 7) is 13.5. The normalized spacial score (nSPS) is 11.7. The molecule has 0 bridgehead atoms. The number of amides is 1. The Balaban J connectivity index is 4.32. The van der Waals surface area contributed by atoms with Gasteiger partial charge in [-0.15, -0.1) is 0 Å². The van der Waals surface area contributed by atoms with Crippen molar-refractivity contribution < 1.29 is 9.53 Å². The summed E-state index contributed by atoms with van der Waals surface area (Å²) in [6, 6.07) is 0. The highest BCUT2D eigenvalue weighted by molar-refractivity contribution is 5.68. The SMILES string of the molecule is CCC(CC)CN(CC)C(=O)OC(C)(C)C. The van der Waals surface area contributed by atoms with Gasteiger partial charge in [-0.05, 0) is 33.6 Å². The Morgan fingerprint density at radius 2 is 1.69 bits per heavy atom. The van der Waals surface area contributed by atoms with Gasteiger partial charge in [-0.2, -0.15) is 0 Å². The van der Waals surface area contributed by atoms with Crippen LogP contribution in [0.15, 0.2) is 0 Å². The number of carbonyl (C=O) groups excluding carboxylic acids is 1. The van der Waals surface area contributed by atoms with Crippen LogP contribution in [-0.4, -0.2) is 29.7 Å². The monoisotopic (exact) mass is 229 g/mol. The van der Waals surface area contributed by atoms with Crippen LogP contribution in [0.4, 0.5) is 4.79 Å². The van der Waals surface area contributed by atoms with Gasteiger partial charge in [-0.1, -0.05) is 26.7 Å². The summed E-state index contributed by atoms with van der Waals surface area (Å²) in [6.07, 6.45) is 2.02.